The number of sulfonamides is 1. The van der Waals surface area contributed by atoms with Crippen LogP contribution in [0.4, 0.5) is 0 Å². The molecule has 0 bridgehead atoms. The van der Waals surface area contributed by atoms with E-state index in [1.165, 1.54) is 20.3 Å². The maximum Gasteiger partial charge on any atom is 0.287 e. The van der Waals surface area contributed by atoms with Gasteiger partial charge in [-0.2, -0.15) is 4.31 Å². The Kier molecular flexibility index (Phi) is 4.79. The molecule has 1 aliphatic rings. The van der Waals surface area contributed by atoms with E-state index in [9.17, 15) is 13.2 Å². The van der Waals surface area contributed by atoms with Crippen LogP contribution in [-0.2, 0) is 10.0 Å². The first-order chi connectivity index (χ1) is 12.9. The van der Waals surface area contributed by atoms with Crippen molar-refractivity contribution in [1.29, 1.82) is 0 Å². The second-order valence-electron chi connectivity index (χ2n) is 6.47. The minimum atomic E-state index is -3.63. The van der Waals surface area contributed by atoms with Gasteiger partial charge in [-0.25, -0.2) is 13.1 Å². The molecule has 142 valence electrons. The fourth-order valence-corrected chi connectivity index (χ4v) is 6.06. The van der Waals surface area contributed by atoms with E-state index in [2.05, 4.69) is 10.3 Å². The molecule has 1 aliphatic heterocycles. The molecule has 0 spiro atoms. The predicted molar refractivity (Wildman–Crippen MR) is 105 cm³/mol. The molecule has 1 saturated heterocycles. The van der Waals surface area contributed by atoms with Gasteiger partial charge in [0.05, 0.1) is 10.9 Å². The monoisotopic (exact) mass is 424 g/mol. The topological polar surface area (TPSA) is 85.2 Å². The molecule has 27 heavy (non-hydrogen) atoms. The molecule has 1 aromatic carbocycles. The van der Waals surface area contributed by atoms with Gasteiger partial charge in [-0.1, -0.05) is 22.9 Å². The second-order valence-corrected chi connectivity index (χ2v) is 9.70. The number of hydrogen-bond donors (Lipinski definition) is 0. The van der Waals surface area contributed by atoms with Crippen molar-refractivity contribution in [2.24, 2.45) is 0 Å². The molecule has 0 saturated carbocycles. The Morgan fingerprint density at radius 1 is 1.22 bits per heavy atom. The number of hydrogen-bond acceptors (Lipinski definition) is 6. The first kappa shape index (κ1) is 18.5. The highest BCUT2D eigenvalue weighted by Crippen LogP contribution is 2.29. The fourth-order valence-electron chi connectivity index (χ4n) is 3.35. The quantitative estimate of drug-likeness (QED) is 0.645. The average Bonchev–Trinajstić information content (AvgIpc) is 3.14. The molecular weight excluding hydrogens is 408 g/mol. The molecule has 10 heteroatoms. The summed E-state index contributed by atoms with van der Waals surface area (Å²) < 4.78 is 29.4. The average molecular weight is 425 g/mol. The summed E-state index contributed by atoms with van der Waals surface area (Å²) in [5.41, 5.74) is 0.978. The maximum absolute atomic E-state index is 13.0. The molecule has 0 atom stereocenters. The molecule has 0 radical (unpaired) electrons. The Bertz CT molecular complexity index is 1160. The van der Waals surface area contributed by atoms with E-state index >= 15 is 0 Å². The smallest absolute Gasteiger partial charge is 0.266 e. The van der Waals surface area contributed by atoms with Gasteiger partial charge in [0.25, 0.3) is 5.56 Å². The van der Waals surface area contributed by atoms with Crippen LogP contribution in [0.2, 0.25) is 5.02 Å². The van der Waals surface area contributed by atoms with Crippen LogP contribution in [0.1, 0.15) is 24.4 Å². The second kappa shape index (κ2) is 6.97. The van der Waals surface area contributed by atoms with E-state index in [0.717, 1.165) is 0 Å². The van der Waals surface area contributed by atoms with Crippen molar-refractivity contribution >= 4 is 43.2 Å². The standard InChI is InChI=1S/C17H17ClN4O3S2/c1-11-13(18)3-2-4-15(11)27(24,25)21-8-5-12(6-9-21)22-17(23)16-14(19-20-22)7-10-26-16/h2-4,7,10,12H,5-6,8-9H2,1H3. The van der Waals surface area contributed by atoms with Crippen molar-refractivity contribution < 1.29 is 8.42 Å². The summed E-state index contributed by atoms with van der Waals surface area (Å²) in [7, 11) is -3.63. The Morgan fingerprint density at radius 2 is 1.96 bits per heavy atom. The zero-order chi connectivity index (χ0) is 19.2. The van der Waals surface area contributed by atoms with Crippen LogP contribution in [0.3, 0.4) is 0 Å². The zero-order valence-corrected chi connectivity index (χ0v) is 16.9. The number of rotatable bonds is 3. The Hall–Kier alpha value is -1.81. The fraction of sp³-hybridized carbons (Fsp3) is 0.353. The summed E-state index contributed by atoms with van der Waals surface area (Å²) in [4.78, 5) is 12.8. The van der Waals surface area contributed by atoms with Gasteiger partial charge in [-0.15, -0.1) is 16.4 Å². The third kappa shape index (κ3) is 3.18. The molecule has 0 N–H and O–H groups in total. The van der Waals surface area contributed by atoms with Crippen molar-refractivity contribution in [3.63, 3.8) is 0 Å². The van der Waals surface area contributed by atoms with Crippen molar-refractivity contribution in [2.75, 3.05) is 13.1 Å². The van der Waals surface area contributed by atoms with Crippen LogP contribution in [-0.4, -0.2) is 40.8 Å². The van der Waals surface area contributed by atoms with E-state index < -0.39 is 10.0 Å². The number of aromatic nitrogens is 3. The van der Waals surface area contributed by atoms with Crippen LogP contribution < -0.4 is 5.56 Å². The van der Waals surface area contributed by atoms with Gasteiger partial charge in [0.2, 0.25) is 10.0 Å². The number of fused-ring (bicyclic) bond motifs is 1. The zero-order valence-electron chi connectivity index (χ0n) is 14.5. The lowest BCUT2D eigenvalue weighted by Crippen LogP contribution is -2.41. The normalized spacial score (nSPS) is 16.8. The molecule has 3 aromatic rings. The summed E-state index contributed by atoms with van der Waals surface area (Å²) in [6, 6.07) is 6.49. The van der Waals surface area contributed by atoms with Gasteiger partial charge in [0, 0.05) is 18.1 Å². The largest absolute Gasteiger partial charge is 0.287 e. The lowest BCUT2D eigenvalue weighted by molar-refractivity contribution is 0.251. The van der Waals surface area contributed by atoms with Crippen LogP contribution in [0, 0.1) is 6.92 Å². The van der Waals surface area contributed by atoms with Gasteiger partial charge in [-0.3, -0.25) is 4.79 Å². The van der Waals surface area contributed by atoms with Crippen molar-refractivity contribution in [3.05, 3.63) is 50.6 Å². The van der Waals surface area contributed by atoms with E-state index in [0.29, 0.717) is 46.7 Å². The Labute approximate surface area is 165 Å². The van der Waals surface area contributed by atoms with Crippen molar-refractivity contribution in [3.8, 4) is 0 Å². The summed E-state index contributed by atoms with van der Waals surface area (Å²) >= 11 is 7.42. The molecule has 4 rings (SSSR count). The SMILES string of the molecule is Cc1c(Cl)cccc1S(=O)(=O)N1CCC(n2nnc3ccsc3c2=O)CC1. The number of halogens is 1. The third-order valence-electron chi connectivity index (χ3n) is 4.90. The highest BCUT2D eigenvalue weighted by atomic mass is 35.5. The van der Waals surface area contributed by atoms with E-state index in [4.69, 9.17) is 11.6 Å². The van der Waals surface area contributed by atoms with Crippen LogP contribution in [0.5, 0.6) is 0 Å². The summed E-state index contributed by atoms with van der Waals surface area (Å²) in [5.74, 6) is 0. The van der Waals surface area contributed by atoms with Crippen LogP contribution >= 0.6 is 22.9 Å². The summed E-state index contributed by atoms with van der Waals surface area (Å²) in [6.07, 6.45) is 1.01. The number of benzene rings is 1. The number of piperidine rings is 1. The van der Waals surface area contributed by atoms with Gasteiger partial charge in [0.1, 0.15) is 10.2 Å². The molecule has 0 unspecified atom stereocenters. The Morgan fingerprint density at radius 3 is 2.70 bits per heavy atom. The highest BCUT2D eigenvalue weighted by molar-refractivity contribution is 7.89. The van der Waals surface area contributed by atoms with Gasteiger partial charge >= 0.3 is 0 Å². The third-order valence-corrected chi connectivity index (χ3v) is 8.24. The summed E-state index contributed by atoms with van der Waals surface area (Å²) in [6.45, 7) is 2.33. The molecule has 1 fully saturated rings. The van der Waals surface area contributed by atoms with Crippen LogP contribution in [0.25, 0.3) is 10.2 Å². The molecule has 7 nitrogen and oxygen atoms in total. The Balaban J connectivity index is 1.57. The lowest BCUT2D eigenvalue weighted by Gasteiger charge is -2.31. The van der Waals surface area contributed by atoms with E-state index in [-0.39, 0.29) is 16.5 Å². The molecule has 2 aromatic heterocycles. The number of nitrogens with zero attached hydrogens (tertiary/aromatic N) is 4. The minimum absolute atomic E-state index is 0.164. The van der Waals surface area contributed by atoms with E-state index in [1.807, 2.05) is 5.38 Å². The van der Waals surface area contributed by atoms with Gasteiger partial charge in [-0.05, 0) is 48.9 Å². The van der Waals surface area contributed by atoms with Gasteiger partial charge in [0.15, 0.2) is 0 Å². The highest BCUT2D eigenvalue weighted by Gasteiger charge is 2.32. The predicted octanol–water partition coefficient (Wildman–Crippen LogP) is 2.84. The van der Waals surface area contributed by atoms with Gasteiger partial charge < -0.3 is 0 Å². The van der Waals surface area contributed by atoms with E-state index in [1.54, 1.807) is 31.2 Å². The molecule has 0 aliphatic carbocycles. The van der Waals surface area contributed by atoms with Crippen molar-refractivity contribution in [2.45, 2.75) is 30.7 Å². The summed E-state index contributed by atoms with van der Waals surface area (Å²) in [5, 5.41) is 10.4. The molecule has 0 amide bonds. The first-order valence-electron chi connectivity index (χ1n) is 8.47. The molecular formula is C17H17ClN4O3S2. The lowest BCUT2D eigenvalue weighted by atomic mass is 10.1. The first-order valence-corrected chi connectivity index (χ1v) is 11.2. The molecule has 3 heterocycles. The number of thiophene rings is 1. The van der Waals surface area contributed by atoms with Crippen molar-refractivity contribution in [1.82, 2.24) is 19.3 Å². The van der Waals surface area contributed by atoms with Crippen LogP contribution in [0.15, 0.2) is 39.3 Å². The minimum Gasteiger partial charge on any atom is -0.266 e. The maximum atomic E-state index is 13.0.